The number of halogens is 2. The fourth-order valence-corrected chi connectivity index (χ4v) is 2.19. The summed E-state index contributed by atoms with van der Waals surface area (Å²) in [6, 6.07) is 2.48. The third-order valence-electron chi connectivity index (χ3n) is 2.12. The van der Waals surface area contributed by atoms with Crippen molar-refractivity contribution >= 4 is 37.7 Å². The number of hydrogen-bond donors (Lipinski definition) is 1. The summed E-state index contributed by atoms with van der Waals surface area (Å²) in [5.74, 6) is 0.941. The van der Waals surface area contributed by atoms with Gasteiger partial charge in [0.1, 0.15) is 5.82 Å². The molecule has 84 valence electrons. The summed E-state index contributed by atoms with van der Waals surface area (Å²) in [7, 11) is 0. The summed E-state index contributed by atoms with van der Waals surface area (Å²) in [6.07, 6.45) is 2.92. The van der Waals surface area contributed by atoms with Gasteiger partial charge >= 0.3 is 0 Å². The first-order chi connectivity index (χ1) is 6.99. The number of anilines is 1. The first kappa shape index (κ1) is 13.0. The maximum absolute atomic E-state index is 4.31. The molecule has 0 aliphatic rings. The van der Waals surface area contributed by atoms with Gasteiger partial charge in [-0.1, -0.05) is 22.9 Å². The molecule has 0 aromatic carbocycles. The summed E-state index contributed by atoms with van der Waals surface area (Å²) < 4.78 is 1.05. The minimum absolute atomic E-state index is 0.424. The molecule has 4 heteroatoms. The quantitative estimate of drug-likeness (QED) is 0.837. The average Bonchev–Trinajstić information content (AvgIpc) is 2.10. The highest BCUT2D eigenvalue weighted by Crippen LogP contribution is 2.18. The molecule has 1 heterocycles. The van der Waals surface area contributed by atoms with Gasteiger partial charge in [0.2, 0.25) is 0 Å². The van der Waals surface area contributed by atoms with E-state index < -0.39 is 0 Å². The lowest BCUT2D eigenvalue weighted by Crippen LogP contribution is -2.19. The Balaban J connectivity index is 2.60. The van der Waals surface area contributed by atoms with Gasteiger partial charge in [0, 0.05) is 21.5 Å². The smallest absolute Gasteiger partial charge is 0.126 e. The highest BCUT2D eigenvalue weighted by Gasteiger charge is 2.07. The van der Waals surface area contributed by atoms with E-state index in [9.17, 15) is 0 Å². The van der Waals surface area contributed by atoms with Crippen LogP contribution in [0.15, 0.2) is 16.7 Å². The molecule has 0 saturated carbocycles. The van der Waals surface area contributed by atoms with Crippen molar-refractivity contribution in [2.45, 2.75) is 38.1 Å². The van der Waals surface area contributed by atoms with Crippen molar-refractivity contribution in [2.75, 3.05) is 5.32 Å². The molecule has 0 radical (unpaired) electrons. The fourth-order valence-electron chi connectivity index (χ4n) is 1.42. The molecule has 0 amide bonds. The van der Waals surface area contributed by atoms with E-state index in [1.165, 1.54) is 5.56 Å². The summed E-state index contributed by atoms with van der Waals surface area (Å²) in [4.78, 5) is 4.84. The number of alkyl halides is 1. The van der Waals surface area contributed by atoms with E-state index in [1.807, 2.05) is 6.20 Å². The van der Waals surface area contributed by atoms with Crippen LogP contribution in [0.5, 0.6) is 0 Å². The Bertz CT molecular complexity index is 326. The van der Waals surface area contributed by atoms with E-state index in [-0.39, 0.29) is 0 Å². The number of aromatic nitrogens is 1. The molecule has 2 atom stereocenters. The van der Waals surface area contributed by atoms with Crippen molar-refractivity contribution in [3.8, 4) is 0 Å². The Kier molecular flexibility index (Phi) is 5.06. The van der Waals surface area contributed by atoms with Crippen LogP contribution in [-0.4, -0.2) is 15.9 Å². The number of nitrogens with one attached hydrogen (secondary N) is 1. The second-order valence-electron chi connectivity index (χ2n) is 3.88. The van der Waals surface area contributed by atoms with Gasteiger partial charge in [-0.15, -0.1) is 0 Å². The molecule has 0 spiro atoms. The monoisotopic (exact) mass is 334 g/mol. The molecule has 2 unspecified atom stereocenters. The maximum Gasteiger partial charge on any atom is 0.126 e. The highest BCUT2D eigenvalue weighted by atomic mass is 79.9. The van der Waals surface area contributed by atoms with Crippen molar-refractivity contribution in [2.24, 2.45) is 0 Å². The van der Waals surface area contributed by atoms with E-state index in [2.05, 4.69) is 69.0 Å². The van der Waals surface area contributed by atoms with Gasteiger partial charge in [-0.3, -0.25) is 0 Å². The molecule has 0 saturated heterocycles. The predicted molar refractivity (Wildman–Crippen MR) is 72.8 cm³/mol. The molecule has 0 bridgehead atoms. The van der Waals surface area contributed by atoms with Crippen LogP contribution < -0.4 is 5.32 Å². The minimum atomic E-state index is 0.424. The molecular formula is C11H16Br2N2. The average molecular weight is 336 g/mol. The minimum Gasteiger partial charge on any atom is -0.368 e. The van der Waals surface area contributed by atoms with Gasteiger partial charge < -0.3 is 5.32 Å². The Hall–Kier alpha value is -0.0900. The Morgan fingerprint density at radius 3 is 2.67 bits per heavy atom. The number of aryl methyl sites for hydroxylation is 1. The fraction of sp³-hybridized carbons (Fsp3) is 0.545. The summed E-state index contributed by atoms with van der Waals surface area (Å²) in [5, 5.41) is 3.38. The van der Waals surface area contributed by atoms with Crippen molar-refractivity contribution in [3.63, 3.8) is 0 Å². The van der Waals surface area contributed by atoms with Crippen LogP contribution in [0.3, 0.4) is 0 Å². The lowest BCUT2D eigenvalue weighted by atomic mass is 10.2. The van der Waals surface area contributed by atoms with Gasteiger partial charge in [-0.05, 0) is 47.8 Å². The first-order valence-electron chi connectivity index (χ1n) is 5.01. The predicted octanol–water partition coefficient (Wildman–Crippen LogP) is 4.13. The van der Waals surface area contributed by atoms with E-state index in [4.69, 9.17) is 0 Å². The van der Waals surface area contributed by atoms with Crippen molar-refractivity contribution in [3.05, 3.63) is 22.3 Å². The van der Waals surface area contributed by atoms with Gasteiger partial charge in [0.05, 0.1) is 0 Å². The van der Waals surface area contributed by atoms with Gasteiger partial charge in [0.25, 0.3) is 0 Å². The van der Waals surface area contributed by atoms with Gasteiger partial charge in [-0.25, -0.2) is 4.98 Å². The van der Waals surface area contributed by atoms with E-state index in [0.717, 1.165) is 16.7 Å². The van der Waals surface area contributed by atoms with Crippen molar-refractivity contribution in [1.82, 2.24) is 4.98 Å². The molecule has 0 aliphatic carbocycles. The van der Waals surface area contributed by atoms with Crippen LogP contribution in [0, 0.1) is 6.92 Å². The second kappa shape index (κ2) is 5.85. The summed E-state index contributed by atoms with van der Waals surface area (Å²) >= 11 is 6.98. The van der Waals surface area contributed by atoms with Crippen LogP contribution in [0.25, 0.3) is 0 Å². The van der Waals surface area contributed by atoms with E-state index in [0.29, 0.717) is 10.9 Å². The molecule has 1 aromatic rings. The van der Waals surface area contributed by atoms with Crippen LogP contribution in [0.2, 0.25) is 0 Å². The zero-order valence-electron chi connectivity index (χ0n) is 9.22. The van der Waals surface area contributed by atoms with Crippen molar-refractivity contribution in [1.29, 1.82) is 0 Å². The largest absolute Gasteiger partial charge is 0.368 e. The third kappa shape index (κ3) is 4.51. The second-order valence-corrected chi connectivity index (χ2v) is 6.30. The summed E-state index contributed by atoms with van der Waals surface area (Å²) in [5.41, 5.74) is 1.20. The molecule has 1 N–H and O–H groups in total. The van der Waals surface area contributed by atoms with Gasteiger partial charge in [0.15, 0.2) is 0 Å². The molecule has 0 fully saturated rings. The van der Waals surface area contributed by atoms with E-state index >= 15 is 0 Å². The maximum atomic E-state index is 4.31. The Morgan fingerprint density at radius 2 is 2.13 bits per heavy atom. The third-order valence-corrected chi connectivity index (χ3v) is 3.32. The zero-order chi connectivity index (χ0) is 11.4. The first-order valence-corrected chi connectivity index (χ1v) is 6.72. The normalized spacial score (nSPS) is 14.7. The van der Waals surface area contributed by atoms with Crippen LogP contribution in [-0.2, 0) is 0 Å². The lowest BCUT2D eigenvalue weighted by molar-refractivity contribution is 0.705. The lowest BCUT2D eigenvalue weighted by Gasteiger charge is -2.16. The summed E-state index contributed by atoms with van der Waals surface area (Å²) in [6.45, 7) is 6.38. The molecule has 1 rings (SSSR count). The molecule has 15 heavy (non-hydrogen) atoms. The molecule has 1 aromatic heterocycles. The highest BCUT2D eigenvalue weighted by molar-refractivity contribution is 9.10. The topological polar surface area (TPSA) is 24.9 Å². The zero-order valence-corrected chi connectivity index (χ0v) is 12.4. The molecule has 0 aliphatic heterocycles. The standard InChI is InChI=1S/C11H16Br2N2/c1-7-4-11(14-6-10(7)13)15-9(3)5-8(2)12/h4,6,8-9H,5H2,1-3H3,(H,14,15). The number of pyridine rings is 1. The van der Waals surface area contributed by atoms with E-state index in [1.54, 1.807) is 0 Å². The Morgan fingerprint density at radius 1 is 1.47 bits per heavy atom. The SMILES string of the molecule is Cc1cc(NC(C)CC(C)Br)ncc1Br. The Labute approximate surface area is 108 Å². The number of rotatable bonds is 4. The molecule has 2 nitrogen and oxygen atoms in total. The van der Waals surface area contributed by atoms with Gasteiger partial charge in [-0.2, -0.15) is 0 Å². The van der Waals surface area contributed by atoms with Crippen molar-refractivity contribution < 1.29 is 0 Å². The van der Waals surface area contributed by atoms with Crippen LogP contribution >= 0.6 is 31.9 Å². The van der Waals surface area contributed by atoms with Crippen LogP contribution in [0.4, 0.5) is 5.82 Å². The number of nitrogens with zero attached hydrogens (tertiary/aromatic N) is 1. The van der Waals surface area contributed by atoms with Crippen LogP contribution in [0.1, 0.15) is 25.8 Å². The number of hydrogen-bond acceptors (Lipinski definition) is 2. The molecular weight excluding hydrogens is 320 g/mol.